The van der Waals surface area contributed by atoms with E-state index in [0.717, 1.165) is 59.6 Å². The largest absolute Gasteiger partial charge is 0.487 e. The second-order valence-electron chi connectivity index (χ2n) is 15.0. The van der Waals surface area contributed by atoms with Crippen molar-refractivity contribution in [2.24, 2.45) is 11.8 Å². The summed E-state index contributed by atoms with van der Waals surface area (Å²) in [4.78, 5) is 0. The molecule has 276 valence electrons. The molecule has 1 aromatic carbocycles. The molecule has 0 saturated carbocycles. The summed E-state index contributed by atoms with van der Waals surface area (Å²) in [7, 11) is 0. The molecule has 3 aliphatic rings. The Labute approximate surface area is 284 Å². The van der Waals surface area contributed by atoms with Gasteiger partial charge < -0.3 is 59.4 Å². The Hall–Kier alpha value is -1.58. The molecule has 4 rings (SSSR count). The molecule has 12 heteroatoms. The molecular formula is C36H60O12. The molecule has 3 aliphatic heterocycles. The van der Waals surface area contributed by atoms with Crippen molar-refractivity contribution >= 4 is 0 Å². The van der Waals surface area contributed by atoms with Gasteiger partial charge in [-0.05, 0) is 81.9 Å². The third kappa shape index (κ3) is 8.82. The van der Waals surface area contributed by atoms with Crippen LogP contribution in [0.3, 0.4) is 0 Å². The normalized spacial score (nSPS) is 36.1. The van der Waals surface area contributed by atoms with Crippen molar-refractivity contribution in [1.29, 1.82) is 0 Å². The molecule has 12 atom stereocenters. The molecule has 2 fully saturated rings. The maximum Gasteiger partial charge on any atom is 0.229 e. The van der Waals surface area contributed by atoms with E-state index >= 15 is 0 Å². The Morgan fingerprint density at radius 2 is 1.35 bits per heavy atom. The summed E-state index contributed by atoms with van der Waals surface area (Å²) in [6.07, 6.45) is -6.15. The molecule has 0 radical (unpaired) electrons. The minimum absolute atomic E-state index is 0.270. The van der Waals surface area contributed by atoms with Crippen LogP contribution in [0.4, 0.5) is 0 Å². The smallest absolute Gasteiger partial charge is 0.229 e. The van der Waals surface area contributed by atoms with Crippen molar-refractivity contribution in [1.82, 2.24) is 0 Å². The van der Waals surface area contributed by atoms with E-state index in [0.29, 0.717) is 11.7 Å². The van der Waals surface area contributed by atoms with Gasteiger partial charge in [-0.1, -0.05) is 46.5 Å². The molecule has 2 unspecified atom stereocenters. The van der Waals surface area contributed by atoms with Crippen LogP contribution in [0.1, 0.15) is 94.9 Å². The van der Waals surface area contributed by atoms with Crippen molar-refractivity contribution in [3.05, 3.63) is 22.3 Å². The van der Waals surface area contributed by atoms with Gasteiger partial charge in [0.2, 0.25) is 6.29 Å². The van der Waals surface area contributed by atoms with E-state index in [2.05, 4.69) is 27.7 Å². The predicted molar refractivity (Wildman–Crippen MR) is 177 cm³/mol. The van der Waals surface area contributed by atoms with Crippen molar-refractivity contribution in [2.45, 2.75) is 167 Å². The summed E-state index contributed by atoms with van der Waals surface area (Å²) in [5.74, 6) is 2.81. The highest BCUT2D eigenvalue weighted by molar-refractivity contribution is 5.59. The van der Waals surface area contributed by atoms with Gasteiger partial charge in [-0.25, -0.2) is 0 Å². The maximum atomic E-state index is 10.8. The Balaban J connectivity index is 1.42. The molecule has 3 heterocycles. The molecule has 12 nitrogen and oxygen atoms in total. The van der Waals surface area contributed by atoms with Crippen LogP contribution in [0.2, 0.25) is 0 Å². The molecule has 0 aliphatic carbocycles. The molecular weight excluding hydrogens is 624 g/mol. The zero-order valence-electron chi connectivity index (χ0n) is 29.7. The summed E-state index contributed by atoms with van der Waals surface area (Å²) in [5, 5.41) is 72.1. The van der Waals surface area contributed by atoms with Crippen molar-refractivity contribution in [3.8, 4) is 11.5 Å². The molecule has 0 amide bonds. The zero-order chi connectivity index (χ0) is 35.5. The number of fused-ring (bicyclic) bond motifs is 1. The maximum absolute atomic E-state index is 10.8. The first kappa shape index (κ1) is 39.2. The summed E-state index contributed by atoms with van der Waals surface area (Å²) >= 11 is 0. The SMILES string of the molecule is Cc1c(C)c2c(c(C)c1O[C@@H]1O[C@H](CO[C@@H]3O[C@H](CO)[C@@H](O)[C@H](O)[C@H]3O)[C@@H](O)[C@H](O)[C@H]1O)CCC(C)(CCCC(C)CCCC(C)C)O2. The van der Waals surface area contributed by atoms with E-state index in [1.54, 1.807) is 0 Å². The van der Waals surface area contributed by atoms with E-state index in [9.17, 15) is 35.7 Å². The summed E-state index contributed by atoms with van der Waals surface area (Å²) in [5.41, 5.74) is 3.33. The summed E-state index contributed by atoms with van der Waals surface area (Å²) < 4.78 is 29.8. The van der Waals surface area contributed by atoms with Gasteiger partial charge in [0, 0.05) is 5.56 Å². The molecule has 7 N–H and O–H groups in total. The lowest BCUT2D eigenvalue weighted by molar-refractivity contribution is -0.323. The number of aliphatic hydroxyl groups is 7. The number of hydrogen-bond acceptors (Lipinski definition) is 12. The average Bonchev–Trinajstić information content (AvgIpc) is 3.04. The summed E-state index contributed by atoms with van der Waals surface area (Å²) in [6.45, 7) is 13.9. The lowest BCUT2D eigenvalue weighted by Crippen LogP contribution is -2.62. The highest BCUT2D eigenvalue weighted by Crippen LogP contribution is 2.45. The van der Waals surface area contributed by atoms with Crippen LogP contribution in [0.15, 0.2) is 0 Å². The van der Waals surface area contributed by atoms with Gasteiger partial charge in [0.25, 0.3) is 0 Å². The van der Waals surface area contributed by atoms with Crippen LogP contribution >= 0.6 is 0 Å². The predicted octanol–water partition coefficient (Wildman–Crippen LogP) is 2.33. The topological polar surface area (TPSA) is 188 Å². The van der Waals surface area contributed by atoms with Crippen LogP contribution < -0.4 is 9.47 Å². The van der Waals surface area contributed by atoms with Crippen LogP contribution in [-0.2, 0) is 20.6 Å². The second-order valence-corrected chi connectivity index (χ2v) is 15.0. The number of aliphatic hydroxyl groups excluding tert-OH is 7. The monoisotopic (exact) mass is 684 g/mol. The lowest BCUT2D eigenvalue weighted by atomic mass is 9.84. The Morgan fingerprint density at radius 3 is 2.00 bits per heavy atom. The van der Waals surface area contributed by atoms with Crippen molar-refractivity contribution in [3.63, 3.8) is 0 Å². The van der Waals surface area contributed by atoms with E-state index in [-0.39, 0.29) is 5.60 Å². The van der Waals surface area contributed by atoms with Gasteiger partial charge >= 0.3 is 0 Å². The quantitative estimate of drug-likeness (QED) is 0.152. The molecule has 48 heavy (non-hydrogen) atoms. The van der Waals surface area contributed by atoms with Crippen LogP contribution in [0, 0.1) is 32.6 Å². The first-order chi connectivity index (χ1) is 22.6. The fraction of sp³-hybridized carbons (Fsp3) is 0.833. The van der Waals surface area contributed by atoms with Gasteiger partial charge in [-0.3, -0.25) is 0 Å². The standard InChI is InChI=1S/C36H60O12/c1-18(2)10-8-11-19(3)12-9-14-36(7)15-13-23-22(6)32(20(4)21(5)33(23)48-36)47-35-31(43)29(41)27(39)25(46-35)17-44-34-30(42)28(40)26(38)24(16-37)45-34/h18-19,24-31,34-35,37-43H,8-17H2,1-7H3/t19?,24-,25-,26-,27-,28+,29+,30-,31-,34-,35+,36?/m1/s1. The molecule has 2 saturated heterocycles. The Morgan fingerprint density at radius 1 is 0.750 bits per heavy atom. The number of hydrogen-bond donors (Lipinski definition) is 7. The first-order valence-corrected chi connectivity index (χ1v) is 17.7. The third-order valence-corrected chi connectivity index (χ3v) is 10.6. The number of benzene rings is 1. The first-order valence-electron chi connectivity index (χ1n) is 17.7. The molecule has 0 aromatic heterocycles. The minimum Gasteiger partial charge on any atom is -0.487 e. The Bertz CT molecular complexity index is 1190. The van der Waals surface area contributed by atoms with Crippen LogP contribution in [-0.4, -0.2) is 116 Å². The van der Waals surface area contributed by atoms with Crippen LogP contribution in [0.5, 0.6) is 11.5 Å². The van der Waals surface area contributed by atoms with Gasteiger partial charge in [0.1, 0.15) is 65.9 Å². The van der Waals surface area contributed by atoms with Gasteiger partial charge in [0.05, 0.1) is 13.2 Å². The number of rotatable bonds is 14. The fourth-order valence-electron chi connectivity index (χ4n) is 7.14. The highest BCUT2D eigenvalue weighted by Gasteiger charge is 2.48. The second kappa shape index (κ2) is 16.6. The zero-order valence-corrected chi connectivity index (χ0v) is 29.7. The average molecular weight is 685 g/mol. The minimum atomic E-state index is -1.65. The van der Waals surface area contributed by atoms with Gasteiger partial charge in [0.15, 0.2) is 6.29 Å². The molecule has 0 spiro atoms. The van der Waals surface area contributed by atoms with Crippen molar-refractivity contribution < 1.29 is 59.4 Å². The van der Waals surface area contributed by atoms with Gasteiger partial charge in [-0.2, -0.15) is 0 Å². The summed E-state index contributed by atoms with van der Waals surface area (Å²) in [6, 6.07) is 0. The Kier molecular flexibility index (Phi) is 13.6. The van der Waals surface area contributed by atoms with Crippen LogP contribution in [0.25, 0.3) is 0 Å². The third-order valence-electron chi connectivity index (χ3n) is 10.6. The van der Waals surface area contributed by atoms with E-state index < -0.39 is 74.6 Å². The van der Waals surface area contributed by atoms with Gasteiger partial charge in [-0.15, -0.1) is 0 Å². The van der Waals surface area contributed by atoms with E-state index in [1.807, 2.05) is 20.8 Å². The molecule has 1 aromatic rings. The fourth-order valence-corrected chi connectivity index (χ4v) is 7.14. The molecule has 0 bridgehead atoms. The number of ether oxygens (including phenoxy) is 5. The van der Waals surface area contributed by atoms with Crippen molar-refractivity contribution in [2.75, 3.05) is 13.2 Å². The van der Waals surface area contributed by atoms with E-state index in [1.165, 1.54) is 25.7 Å². The highest BCUT2D eigenvalue weighted by atomic mass is 16.7. The van der Waals surface area contributed by atoms with E-state index in [4.69, 9.17) is 23.7 Å². The lowest BCUT2D eigenvalue weighted by Gasteiger charge is -2.43.